The fraction of sp³-hybridized carbons (Fsp3) is 0. The predicted molar refractivity (Wildman–Crippen MR) is 56.1 cm³/mol. The molecule has 60 valence electrons. The molecule has 2 rings (SSSR count). The number of pyridine rings is 1. The molecule has 0 amide bonds. The van der Waals surface area contributed by atoms with Gasteiger partial charge in [-0.1, -0.05) is 6.07 Å². The van der Waals surface area contributed by atoms with E-state index in [0.29, 0.717) is 0 Å². The molecule has 1 heterocycles. The van der Waals surface area contributed by atoms with Gasteiger partial charge in [0.25, 0.3) is 0 Å². The van der Waals surface area contributed by atoms with E-state index in [9.17, 15) is 0 Å². The third-order valence-corrected chi connectivity index (χ3v) is 1.51. The molecular weight excluding hydrogens is 153 g/mol. The summed E-state index contributed by atoms with van der Waals surface area (Å²) in [4.78, 5) is 3.78. The van der Waals surface area contributed by atoms with Crippen molar-refractivity contribution in [3.8, 4) is 0 Å². The molecule has 13 heavy (non-hydrogen) atoms. The largest absolute Gasteiger partial charge is 0.265 e. The quantitative estimate of drug-likeness (QED) is 0.537. The van der Waals surface area contributed by atoms with Gasteiger partial charge in [0, 0.05) is 12.4 Å². The summed E-state index contributed by atoms with van der Waals surface area (Å²) < 4.78 is 1.32. The van der Waals surface area contributed by atoms with Gasteiger partial charge in [-0.15, -0.1) is 0 Å². The van der Waals surface area contributed by atoms with Crippen molar-refractivity contribution < 1.29 is 0 Å². The number of nitrogens with zero attached hydrogens (tertiary/aromatic N) is 1. The maximum atomic E-state index is 3.78. The monoisotopic (exact) mass is 163 g/mol. The summed E-state index contributed by atoms with van der Waals surface area (Å²) in [5, 5.41) is 0. The smallest absolute Gasteiger partial charge is 0.0267 e. The minimum atomic E-state index is 1.32. The third-order valence-electron chi connectivity index (χ3n) is 1.51. The van der Waals surface area contributed by atoms with E-state index >= 15 is 0 Å². The Hall–Kier alpha value is -1.03. The number of benzene rings is 1. The first kappa shape index (κ1) is 10.1. The van der Waals surface area contributed by atoms with E-state index in [4.69, 9.17) is 0 Å². The Bertz CT molecular complexity index is 281. The summed E-state index contributed by atoms with van der Waals surface area (Å²) >= 11 is 2.08. The van der Waals surface area contributed by atoms with Crippen LogP contribution in [-0.2, 0) is 0 Å². The Morgan fingerprint density at radius 2 is 1.31 bits per heavy atom. The minimum Gasteiger partial charge on any atom is -0.265 e. The first-order valence-electron chi connectivity index (χ1n) is 4.26. The molecule has 0 N–H and O–H groups in total. The zero-order valence-corrected chi connectivity index (χ0v) is 7.72. The van der Waals surface area contributed by atoms with Gasteiger partial charge in [-0.3, -0.25) is 4.98 Å². The summed E-state index contributed by atoms with van der Waals surface area (Å²) in [5.41, 5.74) is 0. The SMILES string of the molecule is [Li][c]1ccccc1.c1ccncc1. The van der Waals surface area contributed by atoms with Crippen LogP contribution in [0.1, 0.15) is 0 Å². The standard InChI is InChI=1S/C6H5.C5H5N.Li/c2*1-2-4-6-5-3-1;/h2*1-5H;. The van der Waals surface area contributed by atoms with Crippen molar-refractivity contribution in [1.29, 1.82) is 0 Å². The van der Waals surface area contributed by atoms with Crippen molar-refractivity contribution >= 4 is 22.0 Å². The Morgan fingerprint density at radius 1 is 0.769 bits per heavy atom. The van der Waals surface area contributed by atoms with E-state index in [1.165, 1.54) is 4.24 Å². The number of hydrogen-bond acceptors (Lipinski definition) is 1. The van der Waals surface area contributed by atoms with Gasteiger partial charge in [-0.25, -0.2) is 0 Å². The van der Waals surface area contributed by atoms with Gasteiger partial charge in [0.1, 0.15) is 0 Å². The summed E-state index contributed by atoms with van der Waals surface area (Å²) in [6.45, 7) is 0. The Kier molecular flexibility index (Phi) is 5.01. The van der Waals surface area contributed by atoms with Gasteiger partial charge >= 0.3 is 52.3 Å². The molecule has 2 aromatic rings. The van der Waals surface area contributed by atoms with Crippen LogP contribution in [0.4, 0.5) is 0 Å². The first-order valence-corrected chi connectivity index (χ1v) is 4.26. The van der Waals surface area contributed by atoms with Crippen LogP contribution in [0.5, 0.6) is 0 Å². The van der Waals surface area contributed by atoms with Gasteiger partial charge in [-0.2, -0.15) is 0 Å². The van der Waals surface area contributed by atoms with Crippen molar-refractivity contribution in [2.45, 2.75) is 0 Å². The van der Waals surface area contributed by atoms with E-state index in [-0.39, 0.29) is 0 Å². The molecule has 0 radical (unpaired) electrons. The molecular formula is C11H10LiN. The predicted octanol–water partition coefficient (Wildman–Crippen LogP) is 1.56. The minimum absolute atomic E-state index is 1.32. The molecule has 1 aromatic heterocycles. The average molecular weight is 163 g/mol. The molecule has 0 atom stereocenters. The molecule has 0 aliphatic rings. The summed E-state index contributed by atoms with van der Waals surface area (Å²) in [6.07, 6.45) is 3.50. The topological polar surface area (TPSA) is 12.9 Å². The van der Waals surface area contributed by atoms with Crippen LogP contribution >= 0.6 is 0 Å². The van der Waals surface area contributed by atoms with Gasteiger partial charge in [0.15, 0.2) is 0 Å². The van der Waals surface area contributed by atoms with Gasteiger partial charge in [0.2, 0.25) is 0 Å². The van der Waals surface area contributed by atoms with Crippen LogP contribution < -0.4 is 4.24 Å². The van der Waals surface area contributed by atoms with Crippen molar-refractivity contribution in [1.82, 2.24) is 4.98 Å². The molecule has 1 aromatic carbocycles. The second kappa shape index (κ2) is 6.48. The molecule has 0 fully saturated rings. The molecule has 0 spiro atoms. The van der Waals surface area contributed by atoms with E-state index in [2.05, 4.69) is 34.8 Å². The second-order valence-electron chi connectivity index (χ2n) is 2.68. The van der Waals surface area contributed by atoms with E-state index < -0.39 is 0 Å². The van der Waals surface area contributed by atoms with E-state index in [0.717, 1.165) is 0 Å². The first-order chi connectivity index (χ1) is 6.39. The van der Waals surface area contributed by atoms with E-state index in [1.807, 2.05) is 36.4 Å². The van der Waals surface area contributed by atoms with Crippen LogP contribution in [0.25, 0.3) is 0 Å². The Labute approximate surface area is 88.0 Å². The molecule has 1 nitrogen and oxygen atoms in total. The third kappa shape index (κ3) is 5.24. The van der Waals surface area contributed by atoms with Crippen LogP contribution in [0.3, 0.4) is 0 Å². The molecule has 0 saturated carbocycles. The van der Waals surface area contributed by atoms with Gasteiger partial charge in [0.05, 0.1) is 0 Å². The number of hydrogen-bond donors (Lipinski definition) is 0. The fourth-order valence-corrected chi connectivity index (χ4v) is 0.847. The van der Waals surface area contributed by atoms with Crippen LogP contribution in [-0.4, -0.2) is 22.7 Å². The Balaban J connectivity index is 0.000000132. The van der Waals surface area contributed by atoms with Crippen LogP contribution in [0.15, 0.2) is 60.9 Å². The zero-order valence-electron chi connectivity index (χ0n) is 7.72. The maximum Gasteiger partial charge on any atom is 0.0267 e. The summed E-state index contributed by atoms with van der Waals surface area (Å²) in [6, 6.07) is 16.0. The zero-order chi connectivity index (χ0) is 9.36. The summed E-state index contributed by atoms with van der Waals surface area (Å²) in [7, 11) is 0. The second-order valence-corrected chi connectivity index (χ2v) is 2.68. The van der Waals surface area contributed by atoms with Crippen molar-refractivity contribution in [3.05, 3.63) is 60.9 Å². The van der Waals surface area contributed by atoms with Crippen molar-refractivity contribution in [2.24, 2.45) is 0 Å². The number of aromatic nitrogens is 1. The average Bonchev–Trinajstić information content (AvgIpc) is 2.22. The normalized spacial score (nSPS) is 8.46. The van der Waals surface area contributed by atoms with Crippen LogP contribution in [0, 0.1) is 0 Å². The van der Waals surface area contributed by atoms with Gasteiger partial charge in [-0.05, 0) is 12.1 Å². The summed E-state index contributed by atoms with van der Waals surface area (Å²) in [5.74, 6) is 0. The van der Waals surface area contributed by atoms with Gasteiger partial charge < -0.3 is 0 Å². The fourth-order valence-electron chi connectivity index (χ4n) is 0.847. The van der Waals surface area contributed by atoms with Crippen molar-refractivity contribution in [2.75, 3.05) is 0 Å². The van der Waals surface area contributed by atoms with Crippen molar-refractivity contribution in [3.63, 3.8) is 0 Å². The molecule has 0 unspecified atom stereocenters. The maximum absolute atomic E-state index is 3.78. The molecule has 0 saturated heterocycles. The molecule has 0 aliphatic carbocycles. The Morgan fingerprint density at radius 3 is 1.54 bits per heavy atom. The van der Waals surface area contributed by atoms with Crippen LogP contribution in [0.2, 0.25) is 0 Å². The molecule has 2 heteroatoms. The molecule has 0 bridgehead atoms. The molecule has 0 aliphatic heterocycles. The number of rotatable bonds is 0. The van der Waals surface area contributed by atoms with E-state index in [1.54, 1.807) is 12.4 Å².